The molecule has 0 aromatic heterocycles. The number of halogens is 1. The summed E-state index contributed by atoms with van der Waals surface area (Å²) in [4.78, 5) is 12.1. The summed E-state index contributed by atoms with van der Waals surface area (Å²) in [6.07, 6.45) is 29.2. The van der Waals surface area contributed by atoms with E-state index in [1.807, 2.05) is 0 Å². The van der Waals surface area contributed by atoms with E-state index in [2.05, 4.69) is 36.7 Å². The van der Waals surface area contributed by atoms with Gasteiger partial charge >= 0.3 is 5.97 Å². The van der Waals surface area contributed by atoms with Crippen LogP contribution >= 0.6 is 15.9 Å². The second-order valence-corrected chi connectivity index (χ2v) is 12.7. The van der Waals surface area contributed by atoms with E-state index in [0.717, 1.165) is 24.6 Å². The lowest BCUT2D eigenvalue weighted by Gasteiger charge is -2.30. The smallest absolute Gasteiger partial charge is 0.305 e. The Bertz CT molecular complexity index is 543. The van der Waals surface area contributed by atoms with E-state index >= 15 is 0 Å². The van der Waals surface area contributed by atoms with Gasteiger partial charge in [0.05, 0.1) is 6.61 Å². The zero-order valence-electron chi connectivity index (χ0n) is 25.6. The molecule has 3 unspecified atom stereocenters. The molecular formula is C33H63BrO4. The van der Waals surface area contributed by atoms with E-state index in [4.69, 9.17) is 14.2 Å². The van der Waals surface area contributed by atoms with Gasteiger partial charge in [-0.3, -0.25) is 4.79 Å². The highest BCUT2D eigenvalue weighted by Crippen LogP contribution is 2.34. The number of alkyl halides is 1. The van der Waals surface area contributed by atoms with Gasteiger partial charge in [0, 0.05) is 17.7 Å². The molecule has 1 heterocycles. The van der Waals surface area contributed by atoms with Crippen molar-refractivity contribution in [2.24, 2.45) is 5.92 Å². The molecule has 0 spiro atoms. The number of hydrogen-bond donors (Lipinski definition) is 0. The van der Waals surface area contributed by atoms with Gasteiger partial charge in [-0.15, -0.1) is 0 Å². The first-order chi connectivity index (χ1) is 18.5. The number of rotatable bonds is 27. The fraction of sp³-hybridized carbons (Fsp3) is 0.970. The summed E-state index contributed by atoms with van der Waals surface area (Å²) < 4.78 is 17.8. The van der Waals surface area contributed by atoms with Gasteiger partial charge in [0.25, 0.3) is 0 Å². The predicted molar refractivity (Wildman–Crippen MR) is 165 cm³/mol. The maximum Gasteiger partial charge on any atom is 0.305 e. The Labute approximate surface area is 245 Å². The van der Waals surface area contributed by atoms with E-state index < -0.39 is 5.79 Å². The van der Waals surface area contributed by atoms with Gasteiger partial charge in [-0.25, -0.2) is 0 Å². The number of unbranched alkanes of at least 4 members (excludes halogenated alkanes) is 19. The van der Waals surface area contributed by atoms with Crippen LogP contribution < -0.4 is 0 Å². The summed E-state index contributed by atoms with van der Waals surface area (Å²) in [7, 11) is 0. The molecule has 1 aliphatic rings. The molecule has 0 aromatic rings. The topological polar surface area (TPSA) is 44.8 Å². The summed E-state index contributed by atoms with van der Waals surface area (Å²) in [6.45, 7) is 7.40. The van der Waals surface area contributed by atoms with Crippen molar-refractivity contribution in [3.63, 3.8) is 0 Å². The van der Waals surface area contributed by atoms with Gasteiger partial charge in [0.1, 0.15) is 12.7 Å². The van der Waals surface area contributed by atoms with Crippen LogP contribution in [0.1, 0.15) is 168 Å². The Kier molecular flexibility index (Phi) is 23.3. The molecule has 0 aliphatic carbocycles. The van der Waals surface area contributed by atoms with Crippen LogP contribution in [-0.2, 0) is 19.0 Å². The molecule has 1 fully saturated rings. The van der Waals surface area contributed by atoms with Gasteiger partial charge in [0.15, 0.2) is 5.79 Å². The molecule has 1 aliphatic heterocycles. The highest BCUT2D eigenvalue weighted by molar-refractivity contribution is 9.09. The Morgan fingerprint density at radius 1 is 0.789 bits per heavy atom. The summed E-state index contributed by atoms with van der Waals surface area (Å²) in [5, 5.41) is 1.12. The first-order valence-corrected chi connectivity index (χ1v) is 17.7. The third kappa shape index (κ3) is 19.0. The Balaban J connectivity index is 1.97. The standard InChI is InChI=1S/C33H63BrO4/c1-4-5-6-7-8-9-10-11-12-13-16-19-22-25-30(2)33(3)37-29-31(38-33)28-36-32(35)26-23-20-17-14-15-18-21-24-27-34/h30-31H,4-29H2,1-3H3. The first kappa shape index (κ1) is 35.9. The Morgan fingerprint density at radius 2 is 1.26 bits per heavy atom. The lowest BCUT2D eigenvalue weighted by Crippen LogP contribution is -2.35. The zero-order valence-corrected chi connectivity index (χ0v) is 27.1. The van der Waals surface area contributed by atoms with Crippen molar-refractivity contribution in [2.45, 2.75) is 180 Å². The molecule has 0 saturated carbocycles. The van der Waals surface area contributed by atoms with Crippen LogP contribution in [0.3, 0.4) is 0 Å². The van der Waals surface area contributed by atoms with E-state index in [1.54, 1.807) is 0 Å². The van der Waals surface area contributed by atoms with Crippen LogP contribution in [0.4, 0.5) is 0 Å². The fourth-order valence-corrected chi connectivity index (χ4v) is 5.81. The van der Waals surface area contributed by atoms with Crippen molar-refractivity contribution in [1.82, 2.24) is 0 Å². The maximum absolute atomic E-state index is 12.1. The van der Waals surface area contributed by atoms with Gasteiger partial charge in [-0.2, -0.15) is 0 Å². The van der Waals surface area contributed by atoms with Crippen molar-refractivity contribution < 1.29 is 19.0 Å². The minimum atomic E-state index is -0.553. The van der Waals surface area contributed by atoms with Crippen molar-refractivity contribution >= 4 is 21.9 Å². The Hall–Kier alpha value is -0.130. The molecule has 226 valence electrons. The minimum Gasteiger partial charge on any atom is -0.463 e. The van der Waals surface area contributed by atoms with Crippen LogP contribution in [-0.4, -0.2) is 36.4 Å². The Morgan fingerprint density at radius 3 is 1.79 bits per heavy atom. The highest BCUT2D eigenvalue weighted by atomic mass is 79.9. The van der Waals surface area contributed by atoms with E-state index in [-0.39, 0.29) is 12.1 Å². The fourth-order valence-electron chi connectivity index (χ4n) is 5.41. The monoisotopic (exact) mass is 602 g/mol. The van der Waals surface area contributed by atoms with Crippen molar-refractivity contribution in [2.75, 3.05) is 18.5 Å². The SMILES string of the molecule is CCCCCCCCCCCCCCCC(C)C1(C)OCC(COC(=O)CCCCCCCCCCBr)O1. The molecule has 38 heavy (non-hydrogen) atoms. The predicted octanol–water partition coefficient (Wildman–Crippen LogP) is 10.7. The van der Waals surface area contributed by atoms with Crippen LogP contribution in [0.25, 0.3) is 0 Å². The molecule has 1 saturated heterocycles. The number of hydrogen-bond acceptors (Lipinski definition) is 4. The van der Waals surface area contributed by atoms with E-state index in [1.165, 1.54) is 122 Å². The zero-order chi connectivity index (χ0) is 27.7. The quantitative estimate of drug-likeness (QED) is 0.0532. The second-order valence-electron chi connectivity index (χ2n) is 11.9. The number of ether oxygens (including phenoxy) is 3. The lowest BCUT2D eigenvalue weighted by atomic mass is 9.94. The van der Waals surface area contributed by atoms with Crippen LogP contribution in [0.5, 0.6) is 0 Å². The van der Waals surface area contributed by atoms with Crippen LogP contribution in [0.15, 0.2) is 0 Å². The third-order valence-electron chi connectivity index (χ3n) is 8.29. The molecule has 0 bridgehead atoms. The first-order valence-electron chi connectivity index (χ1n) is 16.5. The molecule has 0 aromatic carbocycles. The molecule has 4 nitrogen and oxygen atoms in total. The molecular weight excluding hydrogens is 540 g/mol. The van der Waals surface area contributed by atoms with Crippen LogP contribution in [0.2, 0.25) is 0 Å². The molecule has 0 amide bonds. The molecule has 0 radical (unpaired) electrons. The van der Waals surface area contributed by atoms with Gasteiger partial charge in [-0.1, -0.05) is 152 Å². The average Bonchev–Trinajstić information content (AvgIpc) is 3.31. The minimum absolute atomic E-state index is 0.0976. The van der Waals surface area contributed by atoms with Gasteiger partial charge < -0.3 is 14.2 Å². The van der Waals surface area contributed by atoms with Crippen molar-refractivity contribution in [3.8, 4) is 0 Å². The van der Waals surface area contributed by atoms with Crippen LogP contribution in [0, 0.1) is 5.92 Å². The van der Waals surface area contributed by atoms with Crippen molar-refractivity contribution in [3.05, 3.63) is 0 Å². The number of carbonyl (C=O) groups excluding carboxylic acids is 1. The largest absolute Gasteiger partial charge is 0.463 e. The molecule has 0 N–H and O–H groups in total. The summed E-state index contributed by atoms with van der Waals surface area (Å²) in [5.41, 5.74) is 0. The number of esters is 1. The van der Waals surface area contributed by atoms with Gasteiger partial charge in [0.2, 0.25) is 0 Å². The summed E-state index contributed by atoms with van der Waals surface area (Å²) >= 11 is 3.48. The number of carbonyl (C=O) groups is 1. The van der Waals surface area contributed by atoms with Crippen molar-refractivity contribution in [1.29, 1.82) is 0 Å². The average molecular weight is 604 g/mol. The maximum atomic E-state index is 12.1. The summed E-state index contributed by atoms with van der Waals surface area (Å²) in [5.74, 6) is -0.308. The molecule has 3 atom stereocenters. The van der Waals surface area contributed by atoms with E-state index in [0.29, 0.717) is 25.6 Å². The lowest BCUT2D eigenvalue weighted by molar-refractivity contribution is -0.194. The normalized spacial score (nSPS) is 20.2. The van der Waals surface area contributed by atoms with E-state index in [9.17, 15) is 4.79 Å². The second kappa shape index (κ2) is 24.6. The third-order valence-corrected chi connectivity index (χ3v) is 8.85. The molecule has 1 rings (SSSR count). The van der Waals surface area contributed by atoms with Gasteiger partial charge in [-0.05, 0) is 26.2 Å². The summed E-state index contributed by atoms with van der Waals surface area (Å²) in [6, 6.07) is 0. The highest BCUT2D eigenvalue weighted by Gasteiger charge is 2.41. The molecule has 5 heteroatoms.